The van der Waals surface area contributed by atoms with Gasteiger partial charge < -0.3 is 10.5 Å². The fraction of sp³-hybridized carbons (Fsp3) is 0.471. The van der Waals surface area contributed by atoms with Gasteiger partial charge in [0.2, 0.25) is 11.7 Å². The first kappa shape index (κ1) is 17.9. The predicted octanol–water partition coefficient (Wildman–Crippen LogP) is 2.41. The van der Waals surface area contributed by atoms with Gasteiger partial charge in [0.1, 0.15) is 0 Å². The lowest BCUT2D eigenvalue weighted by atomic mass is 10.0. The molecule has 2 N–H and O–H groups in total. The van der Waals surface area contributed by atoms with Crippen LogP contribution < -0.4 is 5.73 Å². The first-order valence-electron chi connectivity index (χ1n) is 7.55. The van der Waals surface area contributed by atoms with Gasteiger partial charge in [-0.3, -0.25) is 14.4 Å². The Morgan fingerprint density at radius 3 is 2.23 bits per heavy atom. The van der Waals surface area contributed by atoms with E-state index in [1.54, 1.807) is 19.1 Å². The normalized spacial score (nSPS) is 11.7. The lowest BCUT2D eigenvalue weighted by Crippen LogP contribution is -2.24. The summed E-state index contributed by atoms with van der Waals surface area (Å²) in [6.45, 7) is 3.61. The molecule has 1 unspecified atom stereocenters. The van der Waals surface area contributed by atoms with Crippen molar-refractivity contribution in [3.05, 3.63) is 35.4 Å². The van der Waals surface area contributed by atoms with E-state index < -0.39 is 12.1 Å². The smallest absolute Gasteiger partial charge is 0.306 e. The standard InChI is InChI=1S/C17H23NO4/c1-3-13-8-10-14(11-9-13)17(21)12(2)22-16(20)7-5-4-6-15(18)19/h8-12H,3-7H2,1-2H3,(H2,18,19). The fourth-order valence-corrected chi connectivity index (χ4v) is 2.02. The maximum atomic E-state index is 12.2. The second kappa shape index (κ2) is 8.97. The van der Waals surface area contributed by atoms with E-state index in [-0.39, 0.29) is 24.5 Å². The highest BCUT2D eigenvalue weighted by atomic mass is 16.5. The van der Waals surface area contributed by atoms with Gasteiger partial charge >= 0.3 is 5.97 Å². The Labute approximate surface area is 130 Å². The van der Waals surface area contributed by atoms with Gasteiger partial charge in [0.25, 0.3) is 0 Å². The first-order valence-corrected chi connectivity index (χ1v) is 7.55. The Morgan fingerprint density at radius 2 is 1.68 bits per heavy atom. The summed E-state index contributed by atoms with van der Waals surface area (Å²) < 4.78 is 5.13. The molecule has 0 saturated carbocycles. The van der Waals surface area contributed by atoms with Crippen LogP contribution in [0.25, 0.3) is 0 Å². The van der Waals surface area contributed by atoms with Crippen LogP contribution >= 0.6 is 0 Å². The molecule has 22 heavy (non-hydrogen) atoms. The zero-order valence-corrected chi connectivity index (χ0v) is 13.1. The van der Waals surface area contributed by atoms with Gasteiger partial charge in [0.15, 0.2) is 6.10 Å². The van der Waals surface area contributed by atoms with E-state index in [0.29, 0.717) is 18.4 Å². The second-order valence-corrected chi connectivity index (χ2v) is 5.22. The number of primary amides is 1. The molecular weight excluding hydrogens is 282 g/mol. The van der Waals surface area contributed by atoms with Crippen molar-refractivity contribution in [1.29, 1.82) is 0 Å². The topological polar surface area (TPSA) is 86.5 Å². The number of ketones is 1. The van der Waals surface area contributed by atoms with Crippen molar-refractivity contribution in [2.75, 3.05) is 0 Å². The molecule has 5 nitrogen and oxygen atoms in total. The van der Waals surface area contributed by atoms with Crippen LogP contribution in [0, 0.1) is 0 Å². The molecular formula is C17H23NO4. The van der Waals surface area contributed by atoms with Crippen molar-refractivity contribution >= 4 is 17.7 Å². The Morgan fingerprint density at radius 1 is 1.09 bits per heavy atom. The highest BCUT2D eigenvalue weighted by Crippen LogP contribution is 2.11. The van der Waals surface area contributed by atoms with Gasteiger partial charge in [-0.05, 0) is 31.7 Å². The number of amides is 1. The number of benzene rings is 1. The van der Waals surface area contributed by atoms with Crippen molar-refractivity contribution in [1.82, 2.24) is 0 Å². The SMILES string of the molecule is CCc1ccc(C(=O)C(C)OC(=O)CCCCC(N)=O)cc1. The Hall–Kier alpha value is -2.17. The van der Waals surface area contributed by atoms with Crippen LogP contribution in [0.3, 0.4) is 0 Å². The molecule has 0 bridgehead atoms. The van der Waals surface area contributed by atoms with E-state index in [2.05, 4.69) is 0 Å². The second-order valence-electron chi connectivity index (χ2n) is 5.22. The summed E-state index contributed by atoms with van der Waals surface area (Å²) >= 11 is 0. The molecule has 120 valence electrons. The molecule has 1 amide bonds. The molecule has 1 aromatic carbocycles. The average molecular weight is 305 g/mol. The minimum Gasteiger partial charge on any atom is -0.454 e. The van der Waals surface area contributed by atoms with Gasteiger partial charge in [-0.1, -0.05) is 31.2 Å². The summed E-state index contributed by atoms with van der Waals surface area (Å²) in [6.07, 6.45) is 1.60. The average Bonchev–Trinajstić information content (AvgIpc) is 2.50. The molecule has 1 aromatic rings. The third-order valence-corrected chi connectivity index (χ3v) is 3.38. The van der Waals surface area contributed by atoms with E-state index >= 15 is 0 Å². The third-order valence-electron chi connectivity index (χ3n) is 3.38. The number of hydrogen-bond donors (Lipinski definition) is 1. The van der Waals surface area contributed by atoms with Gasteiger partial charge in [0, 0.05) is 18.4 Å². The van der Waals surface area contributed by atoms with Crippen LogP contribution in [0.1, 0.15) is 55.5 Å². The molecule has 0 spiro atoms. The number of Topliss-reactive ketones (excluding diaryl/α,β-unsaturated/α-hetero) is 1. The summed E-state index contributed by atoms with van der Waals surface area (Å²) in [7, 11) is 0. The molecule has 1 rings (SSSR count). The number of nitrogens with two attached hydrogens (primary N) is 1. The van der Waals surface area contributed by atoms with E-state index in [1.165, 1.54) is 0 Å². The quantitative estimate of drug-likeness (QED) is 0.431. The summed E-state index contributed by atoms with van der Waals surface area (Å²) in [5.74, 6) is -1.03. The summed E-state index contributed by atoms with van der Waals surface area (Å²) in [5, 5.41) is 0. The van der Waals surface area contributed by atoms with Crippen LogP contribution in [-0.2, 0) is 20.7 Å². The Kier molecular flexibility index (Phi) is 7.29. The molecule has 0 aliphatic carbocycles. The maximum Gasteiger partial charge on any atom is 0.306 e. The van der Waals surface area contributed by atoms with E-state index in [1.807, 2.05) is 19.1 Å². The van der Waals surface area contributed by atoms with E-state index in [9.17, 15) is 14.4 Å². The van der Waals surface area contributed by atoms with E-state index in [0.717, 1.165) is 12.0 Å². The number of rotatable bonds is 9. The minimum atomic E-state index is -0.809. The highest BCUT2D eigenvalue weighted by molar-refractivity contribution is 6.00. The fourth-order valence-electron chi connectivity index (χ4n) is 2.02. The van der Waals surface area contributed by atoms with Crippen LogP contribution in [-0.4, -0.2) is 23.8 Å². The molecule has 0 aliphatic rings. The third kappa shape index (κ3) is 6.08. The molecule has 0 fully saturated rings. The molecule has 0 heterocycles. The van der Waals surface area contributed by atoms with Crippen molar-refractivity contribution in [2.45, 2.75) is 52.1 Å². The van der Waals surface area contributed by atoms with Gasteiger partial charge in [-0.25, -0.2) is 0 Å². The van der Waals surface area contributed by atoms with Crippen molar-refractivity contribution in [2.24, 2.45) is 5.73 Å². The van der Waals surface area contributed by atoms with Gasteiger partial charge in [-0.15, -0.1) is 0 Å². The maximum absolute atomic E-state index is 12.2. The largest absolute Gasteiger partial charge is 0.454 e. The monoisotopic (exact) mass is 305 g/mol. The minimum absolute atomic E-state index is 0.180. The molecule has 0 aliphatic heterocycles. The van der Waals surface area contributed by atoms with E-state index in [4.69, 9.17) is 10.5 Å². The number of ether oxygens (including phenoxy) is 1. The van der Waals surface area contributed by atoms with Crippen LogP contribution in [0.2, 0.25) is 0 Å². The zero-order valence-electron chi connectivity index (χ0n) is 13.1. The Bertz CT molecular complexity index is 522. The number of unbranched alkanes of at least 4 members (excludes halogenated alkanes) is 1. The first-order chi connectivity index (χ1) is 10.4. The summed E-state index contributed by atoms with van der Waals surface area (Å²) in [5.41, 5.74) is 6.70. The number of aryl methyl sites for hydroxylation is 1. The van der Waals surface area contributed by atoms with Crippen molar-refractivity contribution in [3.8, 4) is 0 Å². The number of carbonyl (C=O) groups excluding carboxylic acids is 3. The molecule has 0 aromatic heterocycles. The number of hydrogen-bond acceptors (Lipinski definition) is 4. The molecule has 1 atom stereocenters. The van der Waals surface area contributed by atoms with Crippen LogP contribution in [0.5, 0.6) is 0 Å². The predicted molar refractivity (Wildman–Crippen MR) is 83.4 cm³/mol. The van der Waals surface area contributed by atoms with Crippen molar-refractivity contribution < 1.29 is 19.1 Å². The summed E-state index contributed by atoms with van der Waals surface area (Å²) in [6, 6.07) is 7.29. The number of carbonyl (C=O) groups is 3. The number of esters is 1. The molecule has 5 heteroatoms. The highest BCUT2D eigenvalue weighted by Gasteiger charge is 2.19. The van der Waals surface area contributed by atoms with Crippen LogP contribution in [0.4, 0.5) is 0 Å². The zero-order chi connectivity index (χ0) is 16.5. The van der Waals surface area contributed by atoms with Gasteiger partial charge in [0.05, 0.1) is 0 Å². The lowest BCUT2D eigenvalue weighted by Gasteiger charge is -2.12. The Balaban J connectivity index is 2.42. The van der Waals surface area contributed by atoms with Crippen molar-refractivity contribution in [3.63, 3.8) is 0 Å². The lowest BCUT2D eigenvalue weighted by molar-refractivity contribution is -0.146. The van der Waals surface area contributed by atoms with Gasteiger partial charge in [-0.2, -0.15) is 0 Å². The molecule has 0 saturated heterocycles. The molecule has 0 radical (unpaired) electrons. The van der Waals surface area contributed by atoms with Crippen LogP contribution in [0.15, 0.2) is 24.3 Å². The summed E-state index contributed by atoms with van der Waals surface area (Å²) in [4.78, 5) is 34.4.